The van der Waals surface area contributed by atoms with Crippen molar-refractivity contribution in [2.24, 2.45) is 0 Å². The summed E-state index contributed by atoms with van der Waals surface area (Å²) in [5, 5.41) is 2.69. The molecule has 0 aliphatic heterocycles. The third kappa shape index (κ3) is 3.41. The van der Waals surface area contributed by atoms with Gasteiger partial charge in [-0.2, -0.15) is 0 Å². The number of ether oxygens (including phenoxy) is 1. The third-order valence-corrected chi connectivity index (χ3v) is 2.47. The number of carbonyl (C=O) groups excluding carboxylic acids is 1. The van der Waals surface area contributed by atoms with Crippen LogP contribution in [0.2, 0.25) is 0 Å². The second kappa shape index (κ2) is 5.81. The highest BCUT2D eigenvalue weighted by Gasteiger charge is 2.05. The molecule has 1 amide bonds. The van der Waals surface area contributed by atoms with E-state index in [2.05, 4.69) is 15.3 Å². The molecular formula is C13H13N3O3. The summed E-state index contributed by atoms with van der Waals surface area (Å²) in [6, 6.07) is 7.95. The van der Waals surface area contributed by atoms with E-state index in [0.717, 1.165) is 5.56 Å². The molecule has 2 aromatic heterocycles. The van der Waals surface area contributed by atoms with Crippen LogP contribution in [0.25, 0.3) is 0 Å². The van der Waals surface area contributed by atoms with Crippen LogP contribution in [-0.2, 0) is 6.54 Å². The lowest BCUT2D eigenvalue weighted by molar-refractivity contribution is 0.0945. The van der Waals surface area contributed by atoms with Crippen molar-refractivity contribution in [2.45, 2.75) is 6.54 Å². The zero-order valence-corrected chi connectivity index (χ0v) is 10.3. The summed E-state index contributed by atoms with van der Waals surface area (Å²) in [6.45, 7) is 0.326. The zero-order chi connectivity index (χ0) is 13.7. The maximum absolute atomic E-state index is 11.8. The second-order valence-corrected chi connectivity index (χ2v) is 3.82. The standard InChI is InChI=1S/C13H13N3O3/c1-19-12-6-5-9(7-14-12)8-15-13(18)10-3-2-4-11(17)16-10/h2-7H,8H2,1H3,(H,15,18)(H,16,17). The van der Waals surface area contributed by atoms with Crippen LogP contribution >= 0.6 is 0 Å². The molecule has 0 radical (unpaired) electrons. The molecule has 0 saturated heterocycles. The number of aromatic amines is 1. The molecule has 0 aliphatic carbocycles. The van der Waals surface area contributed by atoms with Crippen molar-refractivity contribution in [1.29, 1.82) is 0 Å². The SMILES string of the molecule is COc1ccc(CNC(=O)c2cccc(=O)[nH]2)cn1. The van der Waals surface area contributed by atoms with Crippen LogP contribution in [0.4, 0.5) is 0 Å². The Morgan fingerprint density at radius 2 is 2.21 bits per heavy atom. The first-order chi connectivity index (χ1) is 9.19. The molecule has 0 fully saturated rings. The summed E-state index contributed by atoms with van der Waals surface area (Å²) in [6.07, 6.45) is 1.62. The van der Waals surface area contributed by atoms with Crippen molar-refractivity contribution >= 4 is 5.91 Å². The number of H-pyrrole nitrogens is 1. The maximum Gasteiger partial charge on any atom is 0.268 e. The van der Waals surface area contributed by atoms with Gasteiger partial charge in [-0.15, -0.1) is 0 Å². The van der Waals surface area contributed by atoms with E-state index in [9.17, 15) is 9.59 Å². The lowest BCUT2D eigenvalue weighted by Gasteiger charge is -2.05. The number of methoxy groups -OCH3 is 1. The predicted octanol–water partition coefficient (Wildman–Crippen LogP) is 0.709. The Kier molecular flexibility index (Phi) is 3.92. The molecular weight excluding hydrogens is 246 g/mol. The largest absolute Gasteiger partial charge is 0.481 e. The summed E-state index contributed by atoms with van der Waals surface area (Å²) in [5.74, 6) is 0.177. The van der Waals surface area contributed by atoms with E-state index in [-0.39, 0.29) is 17.2 Å². The van der Waals surface area contributed by atoms with Crippen LogP contribution in [0.15, 0.2) is 41.3 Å². The van der Waals surface area contributed by atoms with Crippen LogP contribution < -0.4 is 15.6 Å². The van der Waals surface area contributed by atoms with Crippen LogP contribution in [0.3, 0.4) is 0 Å². The number of hydrogen-bond acceptors (Lipinski definition) is 4. The highest BCUT2D eigenvalue weighted by atomic mass is 16.5. The Bertz CT molecular complexity index is 620. The van der Waals surface area contributed by atoms with Gasteiger partial charge in [0.2, 0.25) is 11.4 Å². The van der Waals surface area contributed by atoms with Crippen LogP contribution in [0, 0.1) is 0 Å². The average molecular weight is 259 g/mol. The summed E-state index contributed by atoms with van der Waals surface area (Å²) >= 11 is 0. The fourth-order valence-corrected chi connectivity index (χ4v) is 1.49. The number of carbonyl (C=O) groups is 1. The molecule has 2 rings (SSSR count). The third-order valence-electron chi connectivity index (χ3n) is 2.47. The number of amides is 1. The van der Waals surface area contributed by atoms with Crippen molar-refractivity contribution in [1.82, 2.24) is 15.3 Å². The summed E-state index contributed by atoms with van der Waals surface area (Å²) in [7, 11) is 1.54. The molecule has 6 nitrogen and oxygen atoms in total. The fourth-order valence-electron chi connectivity index (χ4n) is 1.49. The van der Waals surface area contributed by atoms with Crippen LogP contribution in [-0.4, -0.2) is 23.0 Å². The smallest absolute Gasteiger partial charge is 0.268 e. The molecule has 0 atom stereocenters. The Morgan fingerprint density at radius 3 is 2.84 bits per heavy atom. The molecule has 0 spiro atoms. The van der Waals surface area contributed by atoms with Gasteiger partial charge in [-0.05, 0) is 11.6 Å². The summed E-state index contributed by atoms with van der Waals surface area (Å²) in [4.78, 5) is 29.3. The normalized spacial score (nSPS) is 9.95. The van der Waals surface area contributed by atoms with Gasteiger partial charge in [0, 0.05) is 24.9 Å². The molecule has 0 bridgehead atoms. The fraction of sp³-hybridized carbons (Fsp3) is 0.154. The highest BCUT2D eigenvalue weighted by Crippen LogP contribution is 2.06. The van der Waals surface area contributed by atoms with E-state index in [0.29, 0.717) is 12.4 Å². The van der Waals surface area contributed by atoms with E-state index in [1.54, 1.807) is 24.4 Å². The van der Waals surface area contributed by atoms with E-state index >= 15 is 0 Å². The Morgan fingerprint density at radius 1 is 1.37 bits per heavy atom. The average Bonchev–Trinajstić information content (AvgIpc) is 2.45. The molecule has 98 valence electrons. The predicted molar refractivity (Wildman–Crippen MR) is 69.0 cm³/mol. The second-order valence-electron chi connectivity index (χ2n) is 3.82. The van der Waals surface area contributed by atoms with Gasteiger partial charge in [-0.3, -0.25) is 9.59 Å². The van der Waals surface area contributed by atoms with Crippen molar-refractivity contribution < 1.29 is 9.53 Å². The molecule has 6 heteroatoms. The number of nitrogens with one attached hydrogen (secondary N) is 2. The number of aromatic nitrogens is 2. The lowest BCUT2D eigenvalue weighted by Crippen LogP contribution is -2.25. The van der Waals surface area contributed by atoms with Crippen LogP contribution in [0.5, 0.6) is 5.88 Å². The molecule has 19 heavy (non-hydrogen) atoms. The summed E-state index contributed by atoms with van der Waals surface area (Å²) in [5.41, 5.74) is 0.764. The molecule has 0 unspecified atom stereocenters. The van der Waals surface area contributed by atoms with Gasteiger partial charge >= 0.3 is 0 Å². The Labute approximate surface area is 109 Å². The monoisotopic (exact) mass is 259 g/mol. The summed E-state index contributed by atoms with van der Waals surface area (Å²) < 4.78 is 4.94. The van der Waals surface area contributed by atoms with Gasteiger partial charge in [-0.1, -0.05) is 12.1 Å². The first-order valence-corrected chi connectivity index (χ1v) is 5.65. The number of pyridine rings is 2. The van der Waals surface area contributed by atoms with E-state index in [4.69, 9.17) is 4.74 Å². The topological polar surface area (TPSA) is 84.1 Å². The molecule has 2 aromatic rings. The van der Waals surface area contributed by atoms with Crippen molar-refractivity contribution in [3.05, 3.63) is 58.1 Å². The van der Waals surface area contributed by atoms with Gasteiger partial charge in [0.25, 0.3) is 5.91 Å². The van der Waals surface area contributed by atoms with Gasteiger partial charge < -0.3 is 15.0 Å². The van der Waals surface area contributed by atoms with Gasteiger partial charge in [0.05, 0.1) is 7.11 Å². The van der Waals surface area contributed by atoms with E-state index < -0.39 is 0 Å². The number of hydrogen-bond donors (Lipinski definition) is 2. The molecule has 0 aliphatic rings. The molecule has 0 saturated carbocycles. The lowest BCUT2D eigenvalue weighted by atomic mass is 10.2. The Hall–Kier alpha value is -2.63. The van der Waals surface area contributed by atoms with Crippen molar-refractivity contribution in [3.8, 4) is 5.88 Å². The molecule has 0 aromatic carbocycles. The van der Waals surface area contributed by atoms with Gasteiger partial charge in [0.15, 0.2) is 0 Å². The molecule has 2 heterocycles. The first kappa shape index (κ1) is 12.8. The minimum Gasteiger partial charge on any atom is -0.481 e. The van der Waals surface area contributed by atoms with Gasteiger partial charge in [-0.25, -0.2) is 4.98 Å². The first-order valence-electron chi connectivity index (χ1n) is 5.65. The van der Waals surface area contributed by atoms with E-state index in [1.165, 1.54) is 19.2 Å². The van der Waals surface area contributed by atoms with Crippen molar-refractivity contribution in [3.63, 3.8) is 0 Å². The van der Waals surface area contributed by atoms with E-state index in [1.807, 2.05) is 0 Å². The zero-order valence-electron chi connectivity index (χ0n) is 10.3. The maximum atomic E-state index is 11.8. The minimum atomic E-state index is -0.339. The quantitative estimate of drug-likeness (QED) is 0.847. The van der Waals surface area contributed by atoms with Crippen molar-refractivity contribution in [2.75, 3.05) is 7.11 Å². The minimum absolute atomic E-state index is 0.231. The number of nitrogens with zero attached hydrogens (tertiary/aromatic N) is 1. The highest BCUT2D eigenvalue weighted by molar-refractivity contribution is 5.92. The molecule has 2 N–H and O–H groups in total. The number of rotatable bonds is 4. The van der Waals surface area contributed by atoms with Gasteiger partial charge in [0.1, 0.15) is 5.69 Å². The van der Waals surface area contributed by atoms with Crippen LogP contribution in [0.1, 0.15) is 16.1 Å². The Balaban J connectivity index is 1.98.